The maximum Gasteiger partial charge on any atom is 0.406 e. The fourth-order valence-corrected chi connectivity index (χ4v) is 3.00. The highest BCUT2D eigenvalue weighted by Gasteiger charge is 2.64. The number of carboxylic acids is 1. The van der Waals surface area contributed by atoms with Gasteiger partial charge in [-0.05, 0) is 32.8 Å². The Kier molecular flexibility index (Phi) is 4.41. The summed E-state index contributed by atoms with van der Waals surface area (Å²) in [6.45, 7) is 4.09. The molecule has 1 fully saturated rings. The van der Waals surface area contributed by atoms with Crippen LogP contribution >= 0.6 is 0 Å². The third-order valence-corrected chi connectivity index (χ3v) is 4.82. The third kappa shape index (κ3) is 2.87. The number of hydrogen-bond acceptors (Lipinski definition) is 2. The van der Waals surface area contributed by atoms with Crippen molar-refractivity contribution in [3.8, 4) is 0 Å². The molecule has 1 aromatic rings. The quantitative estimate of drug-likeness (QED) is 0.917. The molecule has 1 heterocycles. The molecule has 0 aromatic heterocycles. The summed E-state index contributed by atoms with van der Waals surface area (Å²) in [4.78, 5) is 25.0. The summed E-state index contributed by atoms with van der Waals surface area (Å²) < 4.78 is 39.7. The van der Waals surface area contributed by atoms with Crippen LogP contribution in [0.2, 0.25) is 0 Å². The van der Waals surface area contributed by atoms with Gasteiger partial charge in [-0.2, -0.15) is 13.2 Å². The Morgan fingerprint density at radius 3 is 2.12 bits per heavy atom. The molecular formula is C17H20F3NO3. The number of benzene rings is 1. The lowest BCUT2D eigenvalue weighted by Gasteiger charge is -2.32. The van der Waals surface area contributed by atoms with Gasteiger partial charge in [0, 0.05) is 13.1 Å². The Bertz CT molecular complexity index is 652. The summed E-state index contributed by atoms with van der Waals surface area (Å²) in [6, 6.07) is 7.17. The first-order valence-corrected chi connectivity index (χ1v) is 7.58. The number of amides is 1. The predicted molar refractivity (Wildman–Crippen MR) is 81.5 cm³/mol. The SMILES string of the molecule is Cc1ccc(C(C)(C)C(=O)N2CCC(C(=O)O)(C(F)(F)F)C2)cc1. The fourth-order valence-electron chi connectivity index (χ4n) is 3.00. The zero-order valence-electron chi connectivity index (χ0n) is 13.8. The van der Waals surface area contributed by atoms with Crippen LogP contribution in [0.4, 0.5) is 13.2 Å². The maximum absolute atomic E-state index is 13.2. The average Bonchev–Trinajstić information content (AvgIpc) is 2.93. The molecule has 1 aliphatic heterocycles. The predicted octanol–water partition coefficient (Wildman–Crippen LogP) is 3.14. The number of carbonyl (C=O) groups excluding carboxylic acids is 1. The van der Waals surface area contributed by atoms with E-state index < -0.39 is 41.8 Å². The van der Waals surface area contributed by atoms with Gasteiger partial charge >= 0.3 is 12.1 Å². The van der Waals surface area contributed by atoms with E-state index in [0.29, 0.717) is 5.56 Å². The van der Waals surface area contributed by atoms with E-state index in [1.165, 1.54) is 0 Å². The van der Waals surface area contributed by atoms with E-state index >= 15 is 0 Å². The largest absolute Gasteiger partial charge is 0.481 e. The zero-order valence-corrected chi connectivity index (χ0v) is 13.8. The molecular weight excluding hydrogens is 323 g/mol. The van der Waals surface area contributed by atoms with E-state index in [-0.39, 0.29) is 6.54 Å². The summed E-state index contributed by atoms with van der Waals surface area (Å²) in [5.41, 5.74) is -2.23. The molecule has 1 aliphatic rings. The Labute approximate surface area is 138 Å². The molecule has 1 N–H and O–H groups in total. The standard InChI is InChI=1S/C17H20F3NO3/c1-11-4-6-12(7-5-11)15(2,3)13(22)21-9-8-16(10-21,14(23)24)17(18,19)20/h4-7H,8-10H2,1-3H3,(H,23,24). The topological polar surface area (TPSA) is 57.6 Å². The minimum atomic E-state index is -4.90. The molecule has 4 nitrogen and oxygen atoms in total. The molecule has 0 saturated carbocycles. The first-order valence-electron chi connectivity index (χ1n) is 7.58. The Morgan fingerprint density at radius 1 is 1.17 bits per heavy atom. The van der Waals surface area contributed by atoms with E-state index in [9.17, 15) is 22.8 Å². The normalized spacial score (nSPS) is 21.8. The van der Waals surface area contributed by atoms with Crippen LogP contribution in [0.25, 0.3) is 0 Å². The smallest absolute Gasteiger partial charge is 0.406 e. The van der Waals surface area contributed by atoms with Gasteiger partial charge in [-0.25, -0.2) is 0 Å². The molecule has 7 heteroatoms. The minimum Gasteiger partial charge on any atom is -0.481 e. The van der Waals surface area contributed by atoms with Crippen LogP contribution in [0, 0.1) is 12.3 Å². The van der Waals surface area contributed by atoms with Crippen molar-refractivity contribution in [2.75, 3.05) is 13.1 Å². The van der Waals surface area contributed by atoms with Gasteiger partial charge < -0.3 is 10.0 Å². The monoisotopic (exact) mass is 343 g/mol. The molecule has 0 aliphatic carbocycles. The Balaban J connectivity index is 2.28. The highest BCUT2D eigenvalue weighted by atomic mass is 19.4. The summed E-state index contributed by atoms with van der Waals surface area (Å²) >= 11 is 0. The van der Waals surface area contributed by atoms with Gasteiger partial charge in [0.2, 0.25) is 5.91 Å². The van der Waals surface area contributed by atoms with E-state index in [1.807, 2.05) is 19.1 Å². The number of hydrogen-bond donors (Lipinski definition) is 1. The van der Waals surface area contributed by atoms with Crippen LogP contribution in [0.15, 0.2) is 24.3 Å². The van der Waals surface area contributed by atoms with Gasteiger partial charge in [0.05, 0.1) is 5.41 Å². The Morgan fingerprint density at radius 2 is 1.71 bits per heavy atom. The molecule has 1 amide bonds. The summed E-state index contributed by atoms with van der Waals surface area (Å²) in [5, 5.41) is 9.09. The summed E-state index contributed by atoms with van der Waals surface area (Å²) in [7, 11) is 0. The number of halogens is 3. The number of aliphatic carboxylic acids is 1. The van der Waals surface area contributed by atoms with E-state index in [4.69, 9.17) is 5.11 Å². The molecule has 2 rings (SSSR count). The molecule has 1 saturated heterocycles. The molecule has 1 atom stereocenters. The van der Waals surface area contributed by atoms with Crippen molar-refractivity contribution in [2.24, 2.45) is 5.41 Å². The maximum atomic E-state index is 13.2. The second-order valence-electron chi connectivity index (χ2n) is 6.85. The number of nitrogens with zero attached hydrogens (tertiary/aromatic N) is 1. The van der Waals surface area contributed by atoms with Crippen LogP contribution < -0.4 is 0 Å². The van der Waals surface area contributed by atoms with Crippen LogP contribution in [0.1, 0.15) is 31.4 Å². The zero-order chi connectivity index (χ0) is 18.3. The average molecular weight is 343 g/mol. The van der Waals surface area contributed by atoms with Crippen molar-refractivity contribution in [3.05, 3.63) is 35.4 Å². The van der Waals surface area contributed by atoms with Crippen molar-refractivity contribution in [2.45, 2.75) is 38.8 Å². The second kappa shape index (κ2) is 5.79. The lowest BCUT2D eigenvalue weighted by molar-refractivity contribution is -0.227. The second-order valence-corrected chi connectivity index (χ2v) is 6.85. The van der Waals surface area contributed by atoms with Gasteiger partial charge in [-0.1, -0.05) is 29.8 Å². The number of alkyl halides is 3. The number of carbonyl (C=O) groups is 2. The van der Waals surface area contributed by atoms with Gasteiger partial charge in [0.1, 0.15) is 0 Å². The van der Waals surface area contributed by atoms with E-state index in [1.54, 1.807) is 26.0 Å². The number of likely N-dealkylation sites (tertiary alicyclic amines) is 1. The van der Waals surface area contributed by atoms with Crippen LogP contribution in [-0.2, 0) is 15.0 Å². The molecule has 1 unspecified atom stereocenters. The third-order valence-electron chi connectivity index (χ3n) is 4.82. The van der Waals surface area contributed by atoms with Gasteiger partial charge in [0.15, 0.2) is 5.41 Å². The first-order chi connectivity index (χ1) is 10.9. The lowest BCUT2D eigenvalue weighted by Crippen LogP contribution is -2.49. The van der Waals surface area contributed by atoms with E-state index in [0.717, 1.165) is 10.5 Å². The van der Waals surface area contributed by atoms with E-state index in [2.05, 4.69) is 0 Å². The van der Waals surface area contributed by atoms with Gasteiger partial charge in [-0.3, -0.25) is 9.59 Å². The van der Waals surface area contributed by atoms with Crippen LogP contribution in [-0.4, -0.2) is 41.1 Å². The molecule has 0 bridgehead atoms. The van der Waals surface area contributed by atoms with Gasteiger partial charge in [0.25, 0.3) is 0 Å². The summed E-state index contributed by atoms with van der Waals surface area (Å²) in [5.74, 6) is -2.43. The van der Waals surface area contributed by atoms with Crippen molar-refractivity contribution < 1.29 is 27.9 Å². The number of carboxylic acid groups (broad SMARTS) is 1. The molecule has 1 aromatic carbocycles. The van der Waals surface area contributed by atoms with Gasteiger partial charge in [-0.15, -0.1) is 0 Å². The molecule has 132 valence electrons. The van der Waals surface area contributed by atoms with Crippen molar-refractivity contribution >= 4 is 11.9 Å². The number of rotatable bonds is 3. The highest BCUT2D eigenvalue weighted by molar-refractivity contribution is 5.89. The highest BCUT2D eigenvalue weighted by Crippen LogP contribution is 2.46. The summed E-state index contributed by atoms with van der Waals surface area (Å²) in [6.07, 6.45) is -5.52. The fraction of sp³-hybridized carbons (Fsp3) is 0.529. The lowest BCUT2D eigenvalue weighted by atomic mass is 9.82. The van der Waals surface area contributed by atoms with Crippen LogP contribution in [0.3, 0.4) is 0 Å². The van der Waals surface area contributed by atoms with Crippen molar-refractivity contribution in [1.82, 2.24) is 4.90 Å². The van der Waals surface area contributed by atoms with Crippen LogP contribution in [0.5, 0.6) is 0 Å². The number of aryl methyl sites for hydroxylation is 1. The minimum absolute atomic E-state index is 0.222. The first kappa shape index (κ1) is 18.3. The Hall–Kier alpha value is -2.05. The molecule has 24 heavy (non-hydrogen) atoms. The molecule has 0 spiro atoms. The molecule has 0 radical (unpaired) electrons. The van der Waals surface area contributed by atoms with Crippen molar-refractivity contribution in [3.63, 3.8) is 0 Å². The van der Waals surface area contributed by atoms with Crippen molar-refractivity contribution in [1.29, 1.82) is 0 Å².